The predicted molar refractivity (Wildman–Crippen MR) is 116 cm³/mol. The molecule has 4 aromatic heterocycles. The maximum Gasteiger partial charge on any atom is 0.274 e. The molecule has 5 rings (SSSR count). The molecule has 0 unspecified atom stereocenters. The molecule has 1 aliphatic carbocycles. The van der Waals surface area contributed by atoms with Crippen molar-refractivity contribution in [3.8, 4) is 11.3 Å². The maximum absolute atomic E-state index is 12.7. The van der Waals surface area contributed by atoms with Crippen molar-refractivity contribution in [1.82, 2.24) is 29.5 Å². The third-order valence-corrected chi connectivity index (χ3v) is 5.57. The van der Waals surface area contributed by atoms with Gasteiger partial charge in [-0.25, -0.2) is 4.98 Å². The molecule has 1 aliphatic rings. The average Bonchev–Trinajstić information content (AvgIpc) is 3.41. The molecular formula is C23H23N7O. The van der Waals surface area contributed by atoms with Gasteiger partial charge in [0.05, 0.1) is 30.3 Å². The molecule has 0 bridgehead atoms. The van der Waals surface area contributed by atoms with E-state index >= 15 is 0 Å². The minimum absolute atomic E-state index is 0.255. The lowest BCUT2D eigenvalue weighted by Gasteiger charge is -2.24. The zero-order valence-electron chi connectivity index (χ0n) is 17.1. The van der Waals surface area contributed by atoms with Gasteiger partial charge in [-0.2, -0.15) is 10.2 Å². The van der Waals surface area contributed by atoms with E-state index in [1.807, 2.05) is 46.0 Å². The highest BCUT2D eigenvalue weighted by molar-refractivity contribution is 6.03. The Hall–Kier alpha value is -3.81. The van der Waals surface area contributed by atoms with E-state index in [2.05, 4.69) is 25.5 Å². The number of carbonyl (C=O) groups is 1. The number of carbonyl (C=O) groups excluding carboxylic acids is 1. The molecule has 0 radical (unpaired) electrons. The lowest BCUT2D eigenvalue weighted by molar-refractivity contribution is 0.102. The summed E-state index contributed by atoms with van der Waals surface area (Å²) in [6.45, 7) is 1.56. The van der Waals surface area contributed by atoms with E-state index in [9.17, 15) is 4.79 Å². The van der Waals surface area contributed by atoms with Gasteiger partial charge in [0.15, 0.2) is 0 Å². The summed E-state index contributed by atoms with van der Waals surface area (Å²) in [5.74, 6) is 0.454. The molecule has 0 aliphatic heterocycles. The van der Waals surface area contributed by atoms with Gasteiger partial charge in [-0.15, -0.1) is 0 Å². The second kappa shape index (κ2) is 8.51. The van der Waals surface area contributed by atoms with Gasteiger partial charge in [0, 0.05) is 36.9 Å². The van der Waals surface area contributed by atoms with Gasteiger partial charge in [0.25, 0.3) is 5.91 Å². The molecule has 4 heterocycles. The van der Waals surface area contributed by atoms with E-state index in [4.69, 9.17) is 0 Å². The van der Waals surface area contributed by atoms with Crippen LogP contribution in [0.25, 0.3) is 11.3 Å². The van der Waals surface area contributed by atoms with Crippen LogP contribution in [-0.4, -0.2) is 35.4 Å². The van der Waals surface area contributed by atoms with Crippen LogP contribution in [0.5, 0.6) is 0 Å². The topological polar surface area (TPSA) is 90.5 Å². The van der Waals surface area contributed by atoms with Crippen molar-refractivity contribution >= 4 is 11.6 Å². The van der Waals surface area contributed by atoms with Crippen molar-refractivity contribution in [2.75, 3.05) is 5.32 Å². The quantitative estimate of drug-likeness (QED) is 0.500. The van der Waals surface area contributed by atoms with Gasteiger partial charge in [-0.3, -0.25) is 19.1 Å². The third kappa shape index (κ3) is 4.53. The van der Waals surface area contributed by atoms with Gasteiger partial charge in [0.1, 0.15) is 5.69 Å². The third-order valence-electron chi connectivity index (χ3n) is 5.57. The number of anilines is 1. The normalized spacial score (nSPS) is 13.7. The van der Waals surface area contributed by atoms with Crippen molar-refractivity contribution in [1.29, 1.82) is 0 Å². The fourth-order valence-corrected chi connectivity index (χ4v) is 3.64. The van der Waals surface area contributed by atoms with E-state index in [0.29, 0.717) is 29.5 Å². The highest BCUT2D eigenvalue weighted by atomic mass is 16.1. The van der Waals surface area contributed by atoms with Crippen molar-refractivity contribution in [3.63, 3.8) is 0 Å². The van der Waals surface area contributed by atoms with E-state index in [1.54, 1.807) is 30.9 Å². The first kappa shape index (κ1) is 19.2. The molecule has 0 atom stereocenters. The minimum atomic E-state index is -0.255. The number of nitrogens with zero attached hydrogens (tertiary/aromatic N) is 6. The molecular weight excluding hydrogens is 390 g/mol. The lowest BCUT2D eigenvalue weighted by atomic mass is 9.85. The van der Waals surface area contributed by atoms with Crippen LogP contribution in [0.3, 0.4) is 0 Å². The maximum atomic E-state index is 12.7. The number of rotatable bonds is 7. The van der Waals surface area contributed by atoms with Crippen LogP contribution in [0.1, 0.15) is 35.3 Å². The van der Waals surface area contributed by atoms with Crippen LogP contribution < -0.4 is 5.32 Å². The predicted octanol–water partition coefficient (Wildman–Crippen LogP) is 3.64. The summed E-state index contributed by atoms with van der Waals surface area (Å²) in [7, 11) is 0. The van der Waals surface area contributed by atoms with Gasteiger partial charge >= 0.3 is 0 Å². The largest absolute Gasteiger partial charge is 0.318 e. The molecule has 0 aromatic carbocycles. The fraction of sp³-hybridized carbons (Fsp3) is 0.261. The molecule has 31 heavy (non-hydrogen) atoms. The summed E-state index contributed by atoms with van der Waals surface area (Å²) < 4.78 is 3.75. The van der Waals surface area contributed by atoms with Crippen LogP contribution in [0, 0.1) is 5.92 Å². The zero-order valence-corrected chi connectivity index (χ0v) is 17.1. The van der Waals surface area contributed by atoms with E-state index < -0.39 is 0 Å². The monoisotopic (exact) mass is 413 g/mol. The molecule has 0 saturated heterocycles. The SMILES string of the molecule is O=C(Nc1cnn(CC2CCC2)c1)c1cccc(-c2cnn(Cc3ccncc3)c2)n1. The Balaban J connectivity index is 1.26. The number of aromatic nitrogens is 6. The summed E-state index contributed by atoms with van der Waals surface area (Å²) in [6.07, 6.45) is 14.6. The number of hydrogen-bond donors (Lipinski definition) is 1. The van der Waals surface area contributed by atoms with Gasteiger partial charge in [-0.1, -0.05) is 12.5 Å². The summed E-state index contributed by atoms with van der Waals surface area (Å²) in [5, 5.41) is 11.7. The van der Waals surface area contributed by atoms with Gasteiger partial charge in [-0.05, 0) is 48.6 Å². The smallest absolute Gasteiger partial charge is 0.274 e. The summed E-state index contributed by atoms with van der Waals surface area (Å²) in [6, 6.07) is 9.33. The fourth-order valence-electron chi connectivity index (χ4n) is 3.64. The standard InChI is InChI=1S/C23H23N7O/c31-23(27-20-12-26-30(16-20)13-17-3-1-4-17)22-6-2-5-21(28-22)19-11-25-29(15-19)14-18-7-9-24-10-8-18/h2,5-12,15-17H,1,3-4,13-14H2,(H,27,31). The van der Waals surface area contributed by atoms with E-state index in [1.165, 1.54) is 19.3 Å². The molecule has 156 valence electrons. The van der Waals surface area contributed by atoms with Crippen molar-refractivity contribution in [2.24, 2.45) is 5.92 Å². The Kier molecular flexibility index (Phi) is 5.26. The number of pyridine rings is 2. The first-order valence-electron chi connectivity index (χ1n) is 10.5. The molecule has 1 amide bonds. The Morgan fingerprint density at radius 3 is 2.68 bits per heavy atom. The van der Waals surface area contributed by atoms with Crippen molar-refractivity contribution in [3.05, 3.63) is 78.8 Å². The molecule has 0 spiro atoms. The Bertz CT molecular complexity index is 1180. The number of hydrogen-bond acceptors (Lipinski definition) is 5. The van der Waals surface area contributed by atoms with Crippen LogP contribution in [-0.2, 0) is 13.1 Å². The summed E-state index contributed by atoms with van der Waals surface area (Å²) in [4.78, 5) is 21.3. The average molecular weight is 413 g/mol. The van der Waals surface area contributed by atoms with E-state index in [0.717, 1.165) is 17.7 Å². The molecule has 8 heteroatoms. The van der Waals surface area contributed by atoms with Crippen molar-refractivity contribution < 1.29 is 4.79 Å². The van der Waals surface area contributed by atoms with Gasteiger partial charge in [0.2, 0.25) is 0 Å². The van der Waals surface area contributed by atoms with Crippen LogP contribution in [0.15, 0.2) is 67.5 Å². The van der Waals surface area contributed by atoms with Gasteiger partial charge < -0.3 is 5.32 Å². The Morgan fingerprint density at radius 1 is 1.03 bits per heavy atom. The van der Waals surface area contributed by atoms with Crippen LogP contribution >= 0.6 is 0 Å². The minimum Gasteiger partial charge on any atom is -0.318 e. The highest BCUT2D eigenvalue weighted by Crippen LogP contribution is 2.27. The molecule has 1 fully saturated rings. The first-order valence-corrected chi connectivity index (χ1v) is 10.5. The number of nitrogens with one attached hydrogen (secondary N) is 1. The summed E-state index contributed by atoms with van der Waals surface area (Å²) in [5.41, 5.74) is 3.71. The Labute approximate surface area is 180 Å². The highest BCUT2D eigenvalue weighted by Gasteiger charge is 2.18. The zero-order chi connectivity index (χ0) is 21.0. The van der Waals surface area contributed by atoms with E-state index in [-0.39, 0.29) is 5.91 Å². The molecule has 1 saturated carbocycles. The van der Waals surface area contributed by atoms with Crippen LogP contribution in [0.4, 0.5) is 5.69 Å². The molecule has 1 N–H and O–H groups in total. The summed E-state index contributed by atoms with van der Waals surface area (Å²) >= 11 is 0. The van der Waals surface area contributed by atoms with Crippen LogP contribution in [0.2, 0.25) is 0 Å². The number of amides is 1. The second-order valence-electron chi connectivity index (χ2n) is 7.89. The van der Waals surface area contributed by atoms with Crippen molar-refractivity contribution in [2.45, 2.75) is 32.4 Å². The first-order chi connectivity index (χ1) is 15.2. The lowest BCUT2D eigenvalue weighted by Crippen LogP contribution is -2.18. The second-order valence-corrected chi connectivity index (χ2v) is 7.89. The molecule has 4 aromatic rings. The Morgan fingerprint density at radius 2 is 1.87 bits per heavy atom. The molecule has 8 nitrogen and oxygen atoms in total.